The lowest BCUT2D eigenvalue weighted by atomic mass is 10.0. The van der Waals surface area contributed by atoms with Crippen LogP contribution in [0.3, 0.4) is 0 Å². The van der Waals surface area contributed by atoms with Crippen LogP contribution in [-0.2, 0) is 6.54 Å². The summed E-state index contributed by atoms with van der Waals surface area (Å²) in [6.07, 6.45) is 8.51. The Morgan fingerprint density at radius 1 is 1.33 bits per heavy atom. The monoisotopic (exact) mass is 312 g/mol. The summed E-state index contributed by atoms with van der Waals surface area (Å²) >= 11 is 3.55. The van der Waals surface area contributed by atoms with E-state index in [9.17, 15) is 0 Å². The molecule has 1 aromatic heterocycles. The van der Waals surface area contributed by atoms with E-state index in [1.165, 1.54) is 38.6 Å². The third-order valence-electron chi connectivity index (χ3n) is 3.97. The Hall–Kier alpha value is -0.320. The minimum atomic E-state index is 0.674. The molecule has 1 aromatic rings. The fourth-order valence-electron chi connectivity index (χ4n) is 2.77. The molecule has 18 heavy (non-hydrogen) atoms. The topological polar surface area (TPSA) is 28.4 Å². The van der Waals surface area contributed by atoms with Gasteiger partial charge in [-0.25, -0.2) is 0 Å². The number of nitrogens with one attached hydrogen (secondary N) is 1. The summed E-state index contributed by atoms with van der Waals surface area (Å²) in [5, 5.41) is 3.64. The van der Waals surface area contributed by atoms with Crippen molar-refractivity contribution < 1.29 is 4.42 Å². The van der Waals surface area contributed by atoms with Crippen LogP contribution in [0.4, 0.5) is 0 Å². The van der Waals surface area contributed by atoms with Gasteiger partial charge in [-0.15, -0.1) is 0 Å². The average molecular weight is 313 g/mol. The first-order valence-corrected chi connectivity index (χ1v) is 7.81. The molecule has 0 aromatic carbocycles. The Morgan fingerprint density at radius 2 is 2.22 bits per heavy atom. The van der Waals surface area contributed by atoms with Gasteiger partial charge < -0.3 is 9.73 Å². The third-order valence-corrected chi connectivity index (χ3v) is 4.67. The van der Waals surface area contributed by atoms with Gasteiger partial charge in [0.25, 0.3) is 0 Å². The molecule has 0 amide bonds. The number of hydrogen-bond acceptors (Lipinski definition) is 3. The molecule has 1 saturated heterocycles. The SMILES string of the molecule is Brc1ccoc1CN(CC1CCCCN1)C1CC1. The van der Waals surface area contributed by atoms with Crippen molar-refractivity contribution in [3.05, 3.63) is 22.6 Å². The molecule has 1 aliphatic carbocycles. The van der Waals surface area contributed by atoms with Gasteiger partial charge in [-0.1, -0.05) is 6.42 Å². The lowest BCUT2D eigenvalue weighted by Gasteiger charge is -2.30. The Bertz CT molecular complexity index is 383. The van der Waals surface area contributed by atoms with E-state index >= 15 is 0 Å². The van der Waals surface area contributed by atoms with Gasteiger partial charge in [0.1, 0.15) is 5.76 Å². The molecule has 0 spiro atoms. The molecule has 2 fully saturated rings. The number of rotatable bonds is 5. The average Bonchev–Trinajstić information content (AvgIpc) is 3.16. The molecule has 1 atom stereocenters. The maximum absolute atomic E-state index is 5.55. The molecule has 2 aliphatic rings. The quantitative estimate of drug-likeness (QED) is 0.905. The number of hydrogen-bond donors (Lipinski definition) is 1. The molecule has 3 nitrogen and oxygen atoms in total. The van der Waals surface area contributed by atoms with Crippen LogP contribution in [0.15, 0.2) is 21.2 Å². The Kier molecular flexibility index (Phi) is 4.07. The second kappa shape index (κ2) is 5.76. The third kappa shape index (κ3) is 3.16. The summed E-state index contributed by atoms with van der Waals surface area (Å²) in [6, 6.07) is 3.44. The highest BCUT2D eigenvalue weighted by atomic mass is 79.9. The highest BCUT2D eigenvalue weighted by molar-refractivity contribution is 9.10. The Morgan fingerprint density at radius 3 is 2.83 bits per heavy atom. The minimum absolute atomic E-state index is 0.674. The first-order valence-electron chi connectivity index (χ1n) is 7.02. The van der Waals surface area contributed by atoms with Crippen LogP contribution in [-0.4, -0.2) is 30.1 Å². The van der Waals surface area contributed by atoms with E-state index in [1.807, 2.05) is 6.07 Å². The van der Waals surface area contributed by atoms with Crippen LogP contribution in [0.25, 0.3) is 0 Å². The van der Waals surface area contributed by atoms with Crippen LogP contribution >= 0.6 is 15.9 Å². The highest BCUT2D eigenvalue weighted by Gasteiger charge is 2.31. The van der Waals surface area contributed by atoms with E-state index in [0.717, 1.165) is 29.4 Å². The standard InChI is InChI=1S/C14H21BrN2O/c15-13-6-8-18-14(13)10-17(12-4-5-12)9-11-3-1-2-7-16-11/h6,8,11-12,16H,1-5,7,9-10H2. The van der Waals surface area contributed by atoms with Crippen LogP contribution in [0.5, 0.6) is 0 Å². The summed E-state index contributed by atoms with van der Waals surface area (Å²) in [6.45, 7) is 3.29. The molecular formula is C14H21BrN2O. The van der Waals surface area contributed by atoms with Gasteiger partial charge in [-0.05, 0) is 54.2 Å². The minimum Gasteiger partial charge on any atom is -0.467 e. The van der Waals surface area contributed by atoms with Crippen LogP contribution in [0.2, 0.25) is 0 Å². The van der Waals surface area contributed by atoms with Crippen molar-refractivity contribution in [1.82, 2.24) is 10.2 Å². The largest absolute Gasteiger partial charge is 0.467 e. The molecule has 1 aliphatic heterocycles. The fraction of sp³-hybridized carbons (Fsp3) is 0.714. The summed E-state index contributed by atoms with van der Waals surface area (Å²) in [4.78, 5) is 2.59. The zero-order chi connectivity index (χ0) is 12.4. The summed E-state index contributed by atoms with van der Waals surface area (Å²) < 4.78 is 6.65. The zero-order valence-electron chi connectivity index (χ0n) is 10.7. The molecule has 0 radical (unpaired) electrons. The summed E-state index contributed by atoms with van der Waals surface area (Å²) in [5.41, 5.74) is 0. The molecule has 1 saturated carbocycles. The first-order chi connectivity index (χ1) is 8.83. The zero-order valence-corrected chi connectivity index (χ0v) is 12.3. The Labute approximate surface area is 117 Å². The number of piperidine rings is 1. The van der Waals surface area contributed by atoms with E-state index in [4.69, 9.17) is 4.42 Å². The van der Waals surface area contributed by atoms with E-state index in [2.05, 4.69) is 26.1 Å². The number of nitrogens with zero attached hydrogens (tertiary/aromatic N) is 1. The van der Waals surface area contributed by atoms with Gasteiger partial charge in [0, 0.05) is 18.6 Å². The molecule has 2 heterocycles. The number of halogens is 1. The van der Waals surface area contributed by atoms with Crippen molar-refractivity contribution in [2.24, 2.45) is 0 Å². The molecule has 0 bridgehead atoms. The lowest BCUT2D eigenvalue weighted by Crippen LogP contribution is -2.44. The van der Waals surface area contributed by atoms with E-state index < -0.39 is 0 Å². The first kappa shape index (κ1) is 12.7. The molecule has 3 rings (SSSR count). The lowest BCUT2D eigenvalue weighted by molar-refractivity contribution is 0.194. The van der Waals surface area contributed by atoms with Gasteiger partial charge in [0.05, 0.1) is 17.3 Å². The van der Waals surface area contributed by atoms with E-state index in [1.54, 1.807) is 6.26 Å². The summed E-state index contributed by atoms with van der Waals surface area (Å²) in [7, 11) is 0. The second-order valence-corrected chi connectivity index (χ2v) is 6.35. The van der Waals surface area contributed by atoms with Crippen molar-refractivity contribution in [3.8, 4) is 0 Å². The van der Waals surface area contributed by atoms with Gasteiger partial charge >= 0.3 is 0 Å². The van der Waals surface area contributed by atoms with Crippen molar-refractivity contribution in [3.63, 3.8) is 0 Å². The van der Waals surface area contributed by atoms with Gasteiger partial charge in [-0.3, -0.25) is 4.90 Å². The van der Waals surface area contributed by atoms with Crippen LogP contribution in [0, 0.1) is 0 Å². The maximum Gasteiger partial charge on any atom is 0.131 e. The highest BCUT2D eigenvalue weighted by Crippen LogP contribution is 2.30. The van der Waals surface area contributed by atoms with Crippen molar-refractivity contribution >= 4 is 15.9 Å². The van der Waals surface area contributed by atoms with Crippen molar-refractivity contribution in [2.75, 3.05) is 13.1 Å². The fourth-order valence-corrected chi connectivity index (χ4v) is 3.09. The molecule has 100 valence electrons. The normalized spacial score (nSPS) is 24.7. The smallest absolute Gasteiger partial charge is 0.131 e. The van der Waals surface area contributed by atoms with Gasteiger partial charge in [0.15, 0.2) is 0 Å². The maximum atomic E-state index is 5.55. The molecular weight excluding hydrogens is 292 g/mol. The van der Waals surface area contributed by atoms with Crippen LogP contribution in [0.1, 0.15) is 37.9 Å². The summed E-state index contributed by atoms with van der Waals surface area (Å²) in [5.74, 6) is 1.07. The molecule has 4 heteroatoms. The van der Waals surface area contributed by atoms with Gasteiger partial charge in [0.2, 0.25) is 0 Å². The van der Waals surface area contributed by atoms with Crippen molar-refractivity contribution in [2.45, 2.75) is 50.7 Å². The predicted molar refractivity (Wildman–Crippen MR) is 75.5 cm³/mol. The van der Waals surface area contributed by atoms with E-state index in [-0.39, 0.29) is 0 Å². The van der Waals surface area contributed by atoms with Crippen LogP contribution < -0.4 is 5.32 Å². The van der Waals surface area contributed by atoms with Gasteiger partial charge in [-0.2, -0.15) is 0 Å². The van der Waals surface area contributed by atoms with E-state index in [0.29, 0.717) is 6.04 Å². The molecule has 1 N–H and O–H groups in total. The molecule has 1 unspecified atom stereocenters. The number of furan rings is 1. The Balaban J connectivity index is 1.59. The second-order valence-electron chi connectivity index (χ2n) is 5.50. The van der Waals surface area contributed by atoms with Crippen molar-refractivity contribution in [1.29, 1.82) is 0 Å². The predicted octanol–water partition coefficient (Wildman–Crippen LogP) is 3.15.